The van der Waals surface area contributed by atoms with Gasteiger partial charge in [0.2, 0.25) is 0 Å². The molecule has 0 heterocycles. The largest absolute Gasteiger partial charge is 0.416 e. The summed E-state index contributed by atoms with van der Waals surface area (Å²) in [4.78, 5) is 11.6. The van der Waals surface area contributed by atoms with Crippen LogP contribution in [-0.4, -0.2) is 19.0 Å². The minimum absolute atomic E-state index is 0. The van der Waals surface area contributed by atoms with Gasteiger partial charge in [-0.1, -0.05) is 6.92 Å². The van der Waals surface area contributed by atoms with Gasteiger partial charge in [-0.05, 0) is 36.7 Å². The lowest BCUT2D eigenvalue weighted by atomic mass is 10.1. The van der Waals surface area contributed by atoms with E-state index in [0.29, 0.717) is 13.1 Å². The molecule has 0 fully saturated rings. The Kier molecular flexibility index (Phi) is 6.86. The van der Waals surface area contributed by atoms with Crippen molar-refractivity contribution in [3.63, 3.8) is 0 Å². The van der Waals surface area contributed by atoms with Crippen molar-refractivity contribution in [2.24, 2.45) is 11.7 Å². The third-order valence-corrected chi connectivity index (χ3v) is 2.49. The number of nitrogens with two attached hydrogens (primary N) is 1. The quantitative estimate of drug-likeness (QED) is 0.897. The van der Waals surface area contributed by atoms with Crippen LogP contribution in [0.15, 0.2) is 24.3 Å². The van der Waals surface area contributed by atoms with Crippen LogP contribution in [0, 0.1) is 5.92 Å². The highest BCUT2D eigenvalue weighted by Crippen LogP contribution is 2.28. The van der Waals surface area contributed by atoms with Crippen molar-refractivity contribution in [3.05, 3.63) is 35.4 Å². The molecule has 1 atom stereocenters. The first-order valence-corrected chi connectivity index (χ1v) is 5.50. The van der Waals surface area contributed by atoms with E-state index in [2.05, 4.69) is 5.32 Å². The van der Waals surface area contributed by atoms with Gasteiger partial charge in [-0.3, -0.25) is 4.79 Å². The minimum Gasteiger partial charge on any atom is -0.352 e. The third kappa shape index (κ3) is 5.48. The predicted octanol–water partition coefficient (Wildman–Crippen LogP) is 2.45. The van der Waals surface area contributed by atoms with E-state index in [4.69, 9.17) is 5.73 Å². The average molecular weight is 297 g/mol. The van der Waals surface area contributed by atoms with Crippen LogP contribution in [0.1, 0.15) is 22.8 Å². The molecule has 1 aromatic rings. The van der Waals surface area contributed by atoms with Crippen LogP contribution >= 0.6 is 12.4 Å². The molecule has 0 aliphatic carbocycles. The van der Waals surface area contributed by atoms with E-state index in [1.54, 1.807) is 0 Å². The van der Waals surface area contributed by atoms with Crippen molar-refractivity contribution in [1.29, 1.82) is 0 Å². The number of benzene rings is 1. The molecule has 1 aromatic carbocycles. The van der Waals surface area contributed by atoms with Crippen LogP contribution in [0.5, 0.6) is 0 Å². The maximum atomic E-state index is 12.3. The second-order valence-corrected chi connectivity index (χ2v) is 4.13. The molecule has 7 heteroatoms. The molecule has 0 radical (unpaired) electrons. The molecule has 3 N–H and O–H groups in total. The maximum Gasteiger partial charge on any atom is 0.416 e. The number of hydrogen-bond acceptors (Lipinski definition) is 2. The summed E-state index contributed by atoms with van der Waals surface area (Å²) in [6, 6.07) is 4.10. The summed E-state index contributed by atoms with van der Waals surface area (Å²) in [6.45, 7) is 2.71. The Morgan fingerprint density at radius 3 is 2.26 bits per heavy atom. The molecule has 1 rings (SSSR count). The molecule has 108 valence electrons. The van der Waals surface area contributed by atoms with Crippen LogP contribution < -0.4 is 11.1 Å². The summed E-state index contributed by atoms with van der Waals surface area (Å²) in [6.07, 6.45) is -4.39. The summed E-state index contributed by atoms with van der Waals surface area (Å²) in [5.74, 6) is -0.271. The number of carbonyl (C=O) groups excluding carboxylic acids is 1. The van der Waals surface area contributed by atoms with Crippen molar-refractivity contribution in [1.82, 2.24) is 5.32 Å². The van der Waals surface area contributed by atoms with E-state index in [1.165, 1.54) is 0 Å². The second kappa shape index (κ2) is 7.35. The van der Waals surface area contributed by atoms with Gasteiger partial charge in [0.05, 0.1) is 5.56 Å². The van der Waals surface area contributed by atoms with Gasteiger partial charge in [-0.15, -0.1) is 12.4 Å². The number of amides is 1. The molecule has 1 unspecified atom stereocenters. The Morgan fingerprint density at radius 2 is 1.84 bits per heavy atom. The Hall–Kier alpha value is -1.27. The van der Waals surface area contributed by atoms with Gasteiger partial charge >= 0.3 is 6.18 Å². The fourth-order valence-electron chi connectivity index (χ4n) is 1.26. The Morgan fingerprint density at radius 1 is 1.32 bits per heavy atom. The van der Waals surface area contributed by atoms with Crippen molar-refractivity contribution < 1.29 is 18.0 Å². The fraction of sp³-hybridized carbons (Fsp3) is 0.417. The van der Waals surface area contributed by atoms with Crippen LogP contribution in [0.4, 0.5) is 13.2 Å². The second-order valence-electron chi connectivity index (χ2n) is 4.13. The SMILES string of the molecule is CC(CN)CNC(=O)c1ccc(C(F)(F)F)cc1.Cl. The Bertz CT molecular complexity index is 406. The number of hydrogen-bond donors (Lipinski definition) is 2. The smallest absolute Gasteiger partial charge is 0.352 e. The lowest BCUT2D eigenvalue weighted by Gasteiger charge is -2.11. The molecule has 0 spiro atoms. The zero-order valence-electron chi connectivity index (χ0n) is 10.3. The molecule has 0 saturated carbocycles. The molecular weight excluding hydrogens is 281 g/mol. The van der Waals surface area contributed by atoms with E-state index >= 15 is 0 Å². The third-order valence-electron chi connectivity index (χ3n) is 2.49. The van der Waals surface area contributed by atoms with Crippen molar-refractivity contribution >= 4 is 18.3 Å². The highest BCUT2D eigenvalue weighted by atomic mass is 35.5. The van der Waals surface area contributed by atoms with Gasteiger partial charge in [0, 0.05) is 12.1 Å². The van der Waals surface area contributed by atoms with Crippen LogP contribution in [-0.2, 0) is 6.18 Å². The summed E-state index contributed by atoms with van der Waals surface area (Å²) in [5.41, 5.74) is 4.82. The van der Waals surface area contributed by atoms with Crippen molar-refractivity contribution in [3.8, 4) is 0 Å². The summed E-state index contributed by atoms with van der Waals surface area (Å²) in [7, 11) is 0. The lowest BCUT2D eigenvalue weighted by Crippen LogP contribution is -2.31. The number of rotatable bonds is 4. The van der Waals surface area contributed by atoms with E-state index < -0.39 is 17.6 Å². The molecule has 0 aliphatic rings. The van der Waals surface area contributed by atoms with Gasteiger partial charge in [-0.2, -0.15) is 13.2 Å². The van der Waals surface area contributed by atoms with Crippen LogP contribution in [0.25, 0.3) is 0 Å². The van der Waals surface area contributed by atoms with Gasteiger partial charge in [-0.25, -0.2) is 0 Å². The Balaban J connectivity index is 0.00000324. The topological polar surface area (TPSA) is 55.1 Å². The highest BCUT2D eigenvalue weighted by molar-refractivity contribution is 5.94. The minimum atomic E-state index is -4.39. The summed E-state index contributed by atoms with van der Waals surface area (Å²) in [5, 5.41) is 2.61. The fourth-order valence-corrected chi connectivity index (χ4v) is 1.26. The molecule has 0 bridgehead atoms. The maximum absolute atomic E-state index is 12.3. The first-order valence-electron chi connectivity index (χ1n) is 5.50. The monoisotopic (exact) mass is 296 g/mol. The number of halogens is 4. The zero-order chi connectivity index (χ0) is 13.8. The van der Waals surface area contributed by atoms with Gasteiger partial charge < -0.3 is 11.1 Å². The molecule has 1 amide bonds. The number of nitrogens with one attached hydrogen (secondary N) is 1. The van der Waals surface area contributed by atoms with Gasteiger partial charge in [0.25, 0.3) is 5.91 Å². The lowest BCUT2D eigenvalue weighted by molar-refractivity contribution is -0.137. The van der Waals surface area contributed by atoms with E-state index in [0.717, 1.165) is 24.3 Å². The van der Waals surface area contributed by atoms with E-state index in [1.807, 2.05) is 6.92 Å². The molecule has 3 nitrogen and oxygen atoms in total. The number of alkyl halides is 3. The summed E-state index contributed by atoms with van der Waals surface area (Å²) >= 11 is 0. The van der Waals surface area contributed by atoms with E-state index in [9.17, 15) is 18.0 Å². The molecule has 0 aliphatic heterocycles. The zero-order valence-corrected chi connectivity index (χ0v) is 11.1. The first-order chi connectivity index (χ1) is 8.34. The van der Waals surface area contributed by atoms with Gasteiger partial charge in [0.1, 0.15) is 0 Å². The first kappa shape index (κ1) is 17.7. The van der Waals surface area contributed by atoms with Crippen molar-refractivity contribution in [2.45, 2.75) is 13.1 Å². The Labute approximate surface area is 115 Å². The summed E-state index contributed by atoms with van der Waals surface area (Å²) < 4.78 is 36.9. The van der Waals surface area contributed by atoms with Gasteiger partial charge in [0.15, 0.2) is 0 Å². The van der Waals surface area contributed by atoms with Crippen LogP contribution in [0.3, 0.4) is 0 Å². The number of carbonyl (C=O) groups is 1. The van der Waals surface area contributed by atoms with Crippen molar-refractivity contribution in [2.75, 3.05) is 13.1 Å². The average Bonchev–Trinajstić information content (AvgIpc) is 2.34. The molecular formula is C12H16ClF3N2O. The normalized spacial score (nSPS) is 12.5. The standard InChI is InChI=1S/C12H15F3N2O.ClH/c1-8(6-16)7-17-11(18)9-2-4-10(5-3-9)12(13,14)15;/h2-5,8H,6-7,16H2,1H3,(H,17,18);1H. The highest BCUT2D eigenvalue weighted by Gasteiger charge is 2.30. The molecule has 0 saturated heterocycles. The van der Waals surface area contributed by atoms with Crippen LogP contribution in [0.2, 0.25) is 0 Å². The molecule has 19 heavy (non-hydrogen) atoms. The molecule has 0 aromatic heterocycles. The predicted molar refractivity (Wildman–Crippen MR) is 69.2 cm³/mol. The van der Waals surface area contributed by atoms with E-state index in [-0.39, 0.29) is 23.9 Å².